The average Bonchev–Trinajstić information content (AvgIpc) is 3.03. The van der Waals surface area contributed by atoms with Crippen molar-refractivity contribution in [3.63, 3.8) is 0 Å². The summed E-state index contributed by atoms with van der Waals surface area (Å²) in [6.07, 6.45) is 0. The first-order chi connectivity index (χ1) is 13.5. The molecule has 4 aromatic rings. The summed E-state index contributed by atoms with van der Waals surface area (Å²) in [6.45, 7) is 3.33. The van der Waals surface area contributed by atoms with Crippen LogP contribution in [0, 0.1) is 6.92 Å². The maximum atomic E-state index is 6.18. The van der Waals surface area contributed by atoms with E-state index in [0.717, 1.165) is 33.4 Å². The fourth-order valence-electron chi connectivity index (χ4n) is 3.29. The molecule has 142 valence electrons. The van der Waals surface area contributed by atoms with Gasteiger partial charge in [0.25, 0.3) is 0 Å². The number of nitrogens with one attached hydrogen (secondary N) is 1. The molecular weight excluding hydrogens is 413 g/mol. The Morgan fingerprint density at radius 2 is 1.61 bits per heavy atom. The summed E-state index contributed by atoms with van der Waals surface area (Å²) in [4.78, 5) is 0. The zero-order valence-electron chi connectivity index (χ0n) is 15.2. The second-order valence-corrected chi connectivity index (χ2v) is 8.01. The van der Waals surface area contributed by atoms with E-state index in [2.05, 4.69) is 24.4 Å². The molecule has 0 amide bonds. The molecule has 0 atom stereocenters. The van der Waals surface area contributed by atoms with Gasteiger partial charge in [-0.05, 0) is 54.4 Å². The minimum absolute atomic E-state index is 0.557. The second-order valence-electron chi connectivity index (χ2n) is 6.76. The normalized spacial score (nSPS) is 11.3. The van der Waals surface area contributed by atoms with Crippen molar-refractivity contribution in [1.82, 2.24) is 5.32 Å². The van der Waals surface area contributed by atoms with E-state index in [-0.39, 0.29) is 0 Å². The third kappa shape index (κ3) is 4.06. The smallest absolute Gasteiger partial charge is 0.135 e. The molecule has 0 spiro atoms. The summed E-state index contributed by atoms with van der Waals surface area (Å²) in [6, 6.07) is 19.7. The first kappa shape index (κ1) is 19.4. The van der Waals surface area contributed by atoms with Crippen molar-refractivity contribution in [3.8, 4) is 11.1 Å². The van der Waals surface area contributed by atoms with Gasteiger partial charge in [0.15, 0.2) is 0 Å². The molecule has 0 saturated carbocycles. The van der Waals surface area contributed by atoms with Gasteiger partial charge >= 0.3 is 0 Å². The van der Waals surface area contributed by atoms with Crippen LogP contribution in [-0.4, -0.2) is 0 Å². The van der Waals surface area contributed by atoms with E-state index in [4.69, 9.17) is 39.2 Å². The summed E-state index contributed by atoms with van der Waals surface area (Å²) >= 11 is 18.2. The topological polar surface area (TPSA) is 25.2 Å². The lowest BCUT2D eigenvalue weighted by molar-refractivity contribution is 0.515. The Hall–Kier alpha value is -1.97. The zero-order valence-corrected chi connectivity index (χ0v) is 17.5. The number of fused-ring (bicyclic) bond motifs is 1. The van der Waals surface area contributed by atoms with Crippen LogP contribution in [0.1, 0.15) is 16.9 Å². The molecule has 2 nitrogen and oxygen atoms in total. The third-order valence-corrected chi connectivity index (χ3v) is 5.64. The Balaban J connectivity index is 1.65. The highest BCUT2D eigenvalue weighted by Gasteiger charge is 2.16. The van der Waals surface area contributed by atoms with Crippen LogP contribution in [-0.2, 0) is 13.1 Å². The van der Waals surface area contributed by atoms with Crippen molar-refractivity contribution in [1.29, 1.82) is 0 Å². The number of benzene rings is 3. The predicted molar refractivity (Wildman–Crippen MR) is 118 cm³/mol. The average molecular weight is 431 g/mol. The monoisotopic (exact) mass is 429 g/mol. The van der Waals surface area contributed by atoms with E-state index in [0.29, 0.717) is 28.2 Å². The number of hydrogen-bond donors (Lipinski definition) is 1. The number of aryl methyl sites for hydroxylation is 1. The van der Waals surface area contributed by atoms with Crippen LogP contribution in [0.5, 0.6) is 0 Å². The van der Waals surface area contributed by atoms with Gasteiger partial charge in [-0.1, -0.05) is 64.6 Å². The standard InChI is InChI=1S/C23H18Cl3NO/c1-14-2-9-21-18(10-14)23(16-4-6-17(24)7-5-16)22(28-21)13-27-12-15-3-8-19(25)20(26)11-15/h2-11,27H,12-13H2,1H3. The van der Waals surface area contributed by atoms with Crippen molar-refractivity contribution >= 4 is 45.8 Å². The summed E-state index contributed by atoms with van der Waals surface area (Å²) in [5.41, 5.74) is 5.31. The Kier molecular flexibility index (Phi) is 5.65. The van der Waals surface area contributed by atoms with Gasteiger partial charge in [-0.25, -0.2) is 0 Å². The lowest BCUT2D eigenvalue weighted by Crippen LogP contribution is -2.12. The van der Waals surface area contributed by atoms with E-state index < -0.39 is 0 Å². The molecule has 28 heavy (non-hydrogen) atoms. The van der Waals surface area contributed by atoms with Gasteiger partial charge < -0.3 is 9.73 Å². The van der Waals surface area contributed by atoms with E-state index in [1.54, 1.807) is 0 Å². The predicted octanol–water partition coefficient (Wildman–Crippen LogP) is 7.66. The number of furan rings is 1. The van der Waals surface area contributed by atoms with Crippen molar-refractivity contribution in [2.24, 2.45) is 0 Å². The quantitative estimate of drug-likeness (QED) is 0.351. The molecule has 0 unspecified atom stereocenters. The molecule has 0 saturated heterocycles. The molecule has 3 aromatic carbocycles. The van der Waals surface area contributed by atoms with Gasteiger partial charge in [0.2, 0.25) is 0 Å². The van der Waals surface area contributed by atoms with Crippen LogP contribution >= 0.6 is 34.8 Å². The van der Waals surface area contributed by atoms with Crippen LogP contribution in [0.15, 0.2) is 65.1 Å². The Labute approximate surface area is 179 Å². The molecule has 0 bridgehead atoms. The molecule has 1 aromatic heterocycles. The van der Waals surface area contributed by atoms with Gasteiger partial charge in [0.05, 0.1) is 16.6 Å². The fraction of sp³-hybridized carbons (Fsp3) is 0.130. The summed E-state index contributed by atoms with van der Waals surface area (Å²) in [5.74, 6) is 0.892. The van der Waals surface area contributed by atoms with Crippen molar-refractivity contribution in [2.45, 2.75) is 20.0 Å². The highest BCUT2D eigenvalue weighted by atomic mass is 35.5. The Morgan fingerprint density at radius 1 is 0.821 bits per heavy atom. The van der Waals surface area contributed by atoms with Gasteiger partial charge in [-0.2, -0.15) is 0 Å². The zero-order chi connectivity index (χ0) is 19.7. The van der Waals surface area contributed by atoms with Crippen LogP contribution in [0.4, 0.5) is 0 Å². The molecule has 1 N–H and O–H groups in total. The minimum Gasteiger partial charge on any atom is -0.459 e. The lowest BCUT2D eigenvalue weighted by Gasteiger charge is -2.07. The highest BCUT2D eigenvalue weighted by Crippen LogP contribution is 2.36. The lowest BCUT2D eigenvalue weighted by atomic mass is 10.0. The number of rotatable bonds is 5. The van der Waals surface area contributed by atoms with E-state index in [9.17, 15) is 0 Å². The molecule has 0 aliphatic rings. The number of halogens is 3. The van der Waals surface area contributed by atoms with E-state index >= 15 is 0 Å². The molecule has 0 fully saturated rings. The fourth-order valence-corrected chi connectivity index (χ4v) is 3.74. The summed E-state index contributed by atoms with van der Waals surface area (Å²) in [5, 5.41) is 6.38. The van der Waals surface area contributed by atoms with Gasteiger partial charge in [-0.3, -0.25) is 0 Å². The molecular formula is C23H18Cl3NO. The van der Waals surface area contributed by atoms with Gasteiger partial charge in [0, 0.05) is 22.5 Å². The SMILES string of the molecule is Cc1ccc2oc(CNCc3ccc(Cl)c(Cl)c3)c(-c3ccc(Cl)cc3)c2c1. The van der Waals surface area contributed by atoms with Crippen LogP contribution in [0.2, 0.25) is 15.1 Å². The third-order valence-electron chi connectivity index (χ3n) is 4.65. The molecule has 5 heteroatoms. The van der Waals surface area contributed by atoms with Crippen LogP contribution in [0.25, 0.3) is 22.1 Å². The Morgan fingerprint density at radius 3 is 2.36 bits per heavy atom. The van der Waals surface area contributed by atoms with Crippen molar-refractivity contribution in [3.05, 3.63) is 92.6 Å². The minimum atomic E-state index is 0.557. The van der Waals surface area contributed by atoms with Gasteiger partial charge in [0.1, 0.15) is 11.3 Å². The number of hydrogen-bond acceptors (Lipinski definition) is 2. The van der Waals surface area contributed by atoms with Crippen LogP contribution in [0.3, 0.4) is 0 Å². The van der Waals surface area contributed by atoms with Crippen molar-refractivity contribution < 1.29 is 4.42 Å². The van der Waals surface area contributed by atoms with E-state index in [1.165, 1.54) is 5.56 Å². The molecule has 0 aliphatic carbocycles. The Bertz CT molecular complexity index is 1130. The first-order valence-electron chi connectivity index (χ1n) is 8.94. The van der Waals surface area contributed by atoms with E-state index in [1.807, 2.05) is 48.5 Å². The molecule has 0 aliphatic heterocycles. The van der Waals surface area contributed by atoms with Gasteiger partial charge in [-0.15, -0.1) is 0 Å². The highest BCUT2D eigenvalue weighted by molar-refractivity contribution is 6.42. The maximum Gasteiger partial charge on any atom is 0.135 e. The summed E-state index contributed by atoms with van der Waals surface area (Å²) < 4.78 is 6.18. The molecule has 1 heterocycles. The molecule has 0 radical (unpaired) electrons. The second kappa shape index (κ2) is 8.18. The van der Waals surface area contributed by atoms with Crippen molar-refractivity contribution in [2.75, 3.05) is 0 Å². The summed E-state index contributed by atoms with van der Waals surface area (Å²) in [7, 11) is 0. The first-order valence-corrected chi connectivity index (χ1v) is 10.1. The maximum absolute atomic E-state index is 6.18. The largest absolute Gasteiger partial charge is 0.459 e. The van der Waals surface area contributed by atoms with Crippen LogP contribution < -0.4 is 5.32 Å². The molecule has 4 rings (SSSR count).